The van der Waals surface area contributed by atoms with Crippen LogP contribution in [0.4, 0.5) is 4.79 Å². The van der Waals surface area contributed by atoms with Crippen LogP contribution >= 0.6 is 0 Å². The first-order valence-electron chi connectivity index (χ1n) is 7.43. The number of likely N-dealkylation sites (tertiary alicyclic amines) is 1. The lowest BCUT2D eigenvalue weighted by Gasteiger charge is -2.33. The van der Waals surface area contributed by atoms with E-state index in [0.717, 1.165) is 25.7 Å². The predicted octanol–water partition coefficient (Wildman–Crippen LogP) is 2.21. The molecule has 19 heavy (non-hydrogen) atoms. The fourth-order valence-electron chi connectivity index (χ4n) is 3.39. The van der Waals surface area contributed by atoms with Crippen molar-refractivity contribution in [1.29, 1.82) is 0 Å². The van der Waals surface area contributed by atoms with Gasteiger partial charge in [-0.2, -0.15) is 0 Å². The molecule has 2 amide bonds. The zero-order chi connectivity index (χ0) is 13.8. The number of hydrogen-bond donors (Lipinski definition) is 2. The summed E-state index contributed by atoms with van der Waals surface area (Å²) in [7, 11) is 0. The van der Waals surface area contributed by atoms with E-state index in [1.807, 2.05) is 0 Å². The molecule has 1 aliphatic heterocycles. The summed E-state index contributed by atoms with van der Waals surface area (Å²) in [4.78, 5) is 24.8. The van der Waals surface area contributed by atoms with Gasteiger partial charge in [-0.25, -0.2) is 9.59 Å². The maximum absolute atomic E-state index is 12.2. The topological polar surface area (TPSA) is 69.6 Å². The molecule has 0 aromatic heterocycles. The quantitative estimate of drug-likeness (QED) is 0.824. The number of rotatable bonds is 3. The number of carboxylic acids is 1. The molecule has 1 heterocycles. The molecule has 0 spiro atoms. The molecular formula is C14H24N2O3. The molecule has 1 saturated heterocycles. The summed E-state index contributed by atoms with van der Waals surface area (Å²) in [5.74, 6) is -0.341. The molecule has 5 nitrogen and oxygen atoms in total. The van der Waals surface area contributed by atoms with Gasteiger partial charge in [-0.15, -0.1) is 0 Å². The smallest absolute Gasteiger partial charge is 0.326 e. The maximum Gasteiger partial charge on any atom is 0.326 e. The Hall–Kier alpha value is -1.26. The molecule has 0 radical (unpaired) electrons. The van der Waals surface area contributed by atoms with Crippen LogP contribution in [0.2, 0.25) is 0 Å². The van der Waals surface area contributed by atoms with Crippen molar-refractivity contribution >= 4 is 12.0 Å². The van der Waals surface area contributed by atoms with E-state index in [4.69, 9.17) is 5.11 Å². The number of nitrogens with one attached hydrogen (secondary N) is 1. The molecule has 0 bridgehead atoms. The Kier molecular flexibility index (Phi) is 4.66. The highest BCUT2D eigenvalue weighted by atomic mass is 16.4. The van der Waals surface area contributed by atoms with E-state index in [1.165, 1.54) is 17.7 Å². The average Bonchev–Trinajstić information content (AvgIpc) is 2.88. The van der Waals surface area contributed by atoms with Gasteiger partial charge in [-0.05, 0) is 31.6 Å². The zero-order valence-corrected chi connectivity index (χ0v) is 11.6. The first-order chi connectivity index (χ1) is 9.13. The third-order valence-corrected chi connectivity index (χ3v) is 4.54. The van der Waals surface area contributed by atoms with Crippen LogP contribution in [0, 0.1) is 5.92 Å². The van der Waals surface area contributed by atoms with Crippen LogP contribution in [0.15, 0.2) is 0 Å². The Morgan fingerprint density at radius 3 is 2.63 bits per heavy atom. The van der Waals surface area contributed by atoms with Crippen molar-refractivity contribution in [1.82, 2.24) is 10.2 Å². The van der Waals surface area contributed by atoms with E-state index in [9.17, 15) is 9.59 Å². The molecule has 3 atom stereocenters. The molecule has 2 N–H and O–H groups in total. The lowest BCUT2D eigenvalue weighted by molar-refractivity contribution is -0.141. The van der Waals surface area contributed by atoms with E-state index in [2.05, 4.69) is 12.2 Å². The molecule has 5 heteroatoms. The second kappa shape index (κ2) is 6.26. The minimum Gasteiger partial charge on any atom is -0.480 e. The summed E-state index contributed by atoms with van der Waals surface area (Å²) in [5.41, 5.74) is 0. The molecule has 0 aromatic carbocycles. The monoisotopic (exact) mass is 268 g/mol. The van der Waals surface area contributed by atoms with Gasteiger partial charge in [0.15, 0.2) is 0 Å². The number of urea groups is 1. The van der Waals surface area contributed by atoms with Gasteiger partial charge in [0.05, 0.1) is 0 Å². The lowest BCUT2D eigenvalue weighted by atomic mass is 9.83. The van der Waals surface area contributed by atoms with Crippen LogP contribution in [0.25, 0.3) is 0 Å². The van der Waals surface area contributed by atoms with E-state index in [-0.39, 0.29) is 12.1 Å². The Bertz CT molecular complexity index is 346. The van der Waals surface area contributed by atoms with Gasteiger partial charge < -0.3 is 15.3 Å². The third kappa shape index (κ3) is 3.19. The van der Waals surface area contributed by atoms with E-state index >= 15 is 0 Å². The van der Waals surface area contributed by atoms with E-state index in [0.29, 0.717) is 18.9 Å². The van der Waals surface area contributed by atoms with Crippen molar-refractivity contribution < 1.29 is 14.7 Å². The van der Waals surface area contributed by atoms with Crippen molar-refractivity contribution in [3.05, 3.63) is 0 Å². The molecule has 2 unspecified atom stereocenters. The number of hydrogen-bond acceptors (Lipinski definition) is 2. The minimum atomic E-state index is -0.886. The molecule has 108 valence electrons. The summed E-state index contributed by atoms with van der Waals surface area (Å²) in [6.07, 6.45) is 7.03. The van der Waals surface area contributed by atoms with Crippen LogP contribution in [0.3, 0.4) is 0 Å². The van der Waals surface area contributed by atoms with Gasteiger partial charge in [0.2, 0.25) is 0 Å². The zero-order valence-electron chi connectivity index (χ0n) is 11.6. The van der Waals surface area contributed by atoms with Crippen LogP contribution in [0.1, 0.15) is 51.9 Å². The Labute approximate surface area is 114 Å². The van der Waals surface area contributed by atoms with Crippen molar-refractivity contribution in [2.45, 2.75) is 64.0 Å². The van der Waals surface area contributed by atoms with Crippen molar-refractivity contribution in [3.8, 4) is 0 Å². The SMILES string of the molecule is CCC1CCCCC1NC(=O)N1CCC[C@@H]1C(=O)O. The summed E-state index contributed by atoms with van der Waals surface area (Å²) in [6, 6.07) is -0.597. The minimum absolute atomic E-state index is 0.185. The average molecular weight is 268 g/mol. The standard InChI is InChI=1S/C14H24N2O3/c1-2-10-6-3-4-7-11(10)15-14(19)16-9-5-8-12(16)13(17)18/h10-12H,2-9H2,1H3,(H,15,19)(H,17,18)/t10?,11?,12-/m1/s1. The van der Waals surface area contributed by atoms with Crippen molar-refractivity contribution in [2.75, 3.05) is 6.54 Å². The summed E-state index contributed by atoms with van der Waals surface area (Å²) in [6.45, 7) is 2.72. The Morgan fingerprint density at radius 1 is 1.21 bits per heavy atom. The first kappa shape index (κ1) is 14.2. The van der Waals surface area contributed by atoms with Crippen LogP contribution < -0.4 is 5.32 Å². The maximum atomic E-state index is 12.2. The fourth-order valence-corrected chi connectivity index (χ4v) is 3.39. The molecule has 2 fully saturated rings. The predicted molar refractivity (Wildman–Crippen MR) is 71.9 cm³/mol. The summed E-state index contributed by atoms with van der Waals surface area (Å²) >= 11 is 0. The fraction of sp³-hybridized carbons (Fsp3) is 0.857. The number of carboxylic acid groups (broad SMARTS) is 1. The van der Waals surface area contributed by atoms with Crippen molar-refractivity contribution in [3.63, 3.8) is 0 Å². The summed E-state index contributed by atoms with van der Waals surface area (Å²) in [5, 5.41) is 12.2. The highest BCUT2D eigenvalue weighted by Crippen LogP contribution is 2.27. The van der Waals surface area contributed by atoms with Crippen LogP contribution in [0.5, 0.6) is 0 Å². The van der Waals surface area contributed by atoms with Crippen molar-refractivity contribution in [2.24, 2.45) is 5.92 Å². The molecule has 1 aliphatic carbocycles. The number of aliphatic carboxylic acids is 1. The van der Waals surface area contributed by atoms with Crippen LogP contribution in [-0.4, -0.2) is 40.6 Å². The largest absolute Gasteiger partial charge is 0.480 e. The van der Waals surface area contributed by atoms with Gasteiger partial charge >= 0.3 is 12.0 Å². The van der Waals surface area contributed by atoms with E-state index in [1.54, 1.807) is 0 Å². The Morgan fingerprint density at radius 2 is 1.95 bits per heavy atom. The number of nitrogens with zero attached hydrogens (tertiary/aromatic N) is 1. The van der Waals surface area contributed by atoms with Gasteiger partial charge in [0.1, 0.15) is 6.04 Å². The molecule has 2 aliphatic rings. The third-order valence-electron chi connectivity index (χ3n) is 4.54. The van der Waals surface area contributed by atoms with Gasteiger partial charge in [-0.1, -0.05) is 26.2 Å². The molecule has 0 aromatic rings. The second-order valence-corrected chi connectivity index (χ2v) is 5.70. The highest BCUT2D eigenvalue weighted by molar-refractivity contribution is 5.83. The van der Waals surface area contributed by atoms with Crippen LogP contribution in [-0.2, 0) is 4.79 Å². The number of carbonyl (C=O) groups excluding carboxylic acids is 1. The summed E-state index contributed by atoms with van der Waals surface area (Å²) < 4.78 is 0. The van der Waals surface area contributed by atoms with E-state index < -0.39 is 12.0 Å². The van der Waals surface area contributed by atoms with Gasteiger partial charge in [0, 0.05) is 12.6 Å². The first-order valence-corrected chi connectivity index (χ1v) is 7.43. The number of carbonyl (C=O) groups is 2. The van der Waals surface area contributed by atoms with Gasteiger partial charge in [0.25, 0.3) is 0 Å². The van der Waals surface area contributed by atoms with Gasteiger partial charge in [-0.3, -0.25) is 0 Å². The Balaban J connectivity index is 1.94. The highest BCUT2D eigenvalue weighted by Gasteiger charge is 2.35. The number of amides is 2. The lowest BCUT2D eigenvalue weighted by Crippen LogP contribution is -2.51. The molecule has 2 rings (SSSR count). The molecule has 1 saturated carbocycles. The second-order valence-electron chi connectivity index (χ2n) is 5.70. The molecular weight excluding hydrogens is 244 g/mol. The normalized spacial score (nSPS) is 31.2.